The summed E-state index contributed by atoms with van der Waals surface area (Å²) in [6, 6.07) is 23.2. The van der Waals surface area contributed by atoms with Crippen LogP contribution in [-0.4, -0.2) is 53.2 Å². The number of carbonyl (C=O) groups is 5. The highest BCUT2D eigenvalue weighted by Gasteiger charge is 2.66. The number of allylic oxidation sites excluding steroid dienone is 4. The Morgan fingerprint density at radius 3 is 2.30 bits per heavy atom. The van der Waals surface area contributed by atoms with Gasteiger partial charge in [-0.2, -0.15) is 4.90 Å². The van der Waals surface area contributed by atoms with Crippen molar-refractivity contribution in [1.29, 1.82) is 0 Å². The Hall–Kier alpha value is -5.31. The SMILES string of the molecule is CCOc1cccc([C@H]2C3=CC[C@@H]4C(=O)N(C(=O)OC)C(=O)[C@@H]4[C@@H]3C[C@H]3C(=O)C(c4ccccc4)=CC(=O)[C@@]23c2ccccc2)c1O. The number of hydrogen-bond donors (Lipinski definition) is 1. The molecule has 6 atom stereocenters. The molecule has 47 heavy (non-hydrogen) atoms. The molecule has 3 amide bonds. The number of aromatic hydroxyl groups is 1. The summed E-state index contributed by atoms with van der Waals surface area (Å²) in [4.78, 5) is 70.5. The van der Waals surface area contributed by atoms with E-state index in [1.54, 1.807) is 49.4 Å². The zero-order valence-corrected chi connectivity index (χ0v) is 25.9. The zero-order valence-electron chi connectivity index (χ0n) is 25.9. The molecule has 1 saturated carbocycles. The topological polar surface area (TPSA) is 127 Å². The van der Waals surface area contributed by atoms with Crippen molar-refractivity contribution in [1.82, 2.24) is 4.90 Å². The van der Waals surface area contributed by atoms with Gasteiger partial charge >= 0.3 is 6.09 Å². The van der Waals surface area contributed by atoms with Crippen LogP contribution in [0.3, 0.4) is 0 Å². The fourth-order valence-electron chi connectivity index (χ4n) is 8.53. The lowest BCUT2D eigenvalue weighted by atomic mass is 9.44. The quantitative estimate of drug-likeness (QED) is 0.294. The maximum absolute atomic E-state index is 15.0. The van der Waals surface area contributed by atoms with Gasteiger partial charge in [0.1, 0.15) is 0 Å². The largest absolute Gasteiger partial charge is 0.504 e. The maximum Gasteiger partial charge on any atom is 0.423 e. The number of fused-ring (bicyclic) bond motifs is 4. The van der Waals surface area contributed by atoms with Gasteiger partial charge in [0.25, 0.3) is 0 Å². The highest BCUT2D eigenvalue weighted by Crippen LogP contribution is 2.64. The van der Waals surface area contributed by atoms with Crippen LogP contribution in [-0.2, 0) is 29.3 Å². The molecule has 0 unspecified atom stereocenters. The number of imide groups is 3. The van der Waals surface area contributed by atoms with Gasteiger partial charge in [0.05, 0.1) is 31.0 Å². The number of benzene rings is 3. The van der Waals surface area contributed by atoms with Crippen molar-refractivity contribution in [3.05, 3.63) is 113 Å². The summed E-state index contributed by atoms with van der Waals surface area (Å²) in [6.07, 6.45) is 2.45. The molecule has 1 heterocycles. The Morgan fingerprint density at radius 2 is 1.62 bits per heavy atom. The summed E-state index contributed by atoms with van der Waals surface area (Å²) >= 11 is 0. The van der Waals surface area contributed by atoms with Crippen molar-refractivity contribution >= 4 is 35.0 Å². The number of amides is 3. The van der Waals surface area contributed by atoms with Crippen LogP contribution in [0, 0.1) is 23.7 Å². The van der Waals surface area contributed by atoms with Gasteiger partial charge in [0.2, 0.25) is 11.8 Å². The molecule has 7 rings (SSSR count). The molecule has 1 N–H and O–H groups in total. The molecule has 3 aliphatic carbocycles. The van der Waals surface area contributed by atoms with E-state index >= 15 is 4.79 Å². The van der Waals surface area contributed by atoms with Crippen LogP contribution >= 0.6 is 0 Å². The number of rotatable bonds is 5. The lowest BCUT2D eigenvalue weighted by molar-refractivity contribution is -0.138. The summed E-state index contributed by atoms with van der Waals surface area (Å²) < 4.78 is 10.6. The first kappa shape index (κ1) is 30.3. The number of para-hydroxylation sites is 1. The van der Waals surface area contributed by atoms with Gasteiger partial charge in [0, 0.05) is 23.0 Å². The molecule has 0 spiro atoms. The van der Waals surface area contributed by atoms with Crippen LogP contribution in [0.4, 0.5) is 4.79 Å². The summed E-state index contributed by atoms with van der Waals surface area (Å²) in [5.41, 5.74) is 1.01. The minimum absolute atomic E-state index is 0.0765. The Labute approximate surface area is 271 Å². The summed E-state index contributed by atoms with van der Waals surface area (Å²) in [5, 5.41) is 11.8. The van der Waals surface area contributed by atoms with Gasteiger partial charge in [-0.05, 0) is 49.0 Å². The predicted octanol–water partition coefficient (Wildman–Crippen LogP) is 5.38. The van der Waals surface area contributed by atoms with E-state index < -0.39 is 52.9 Å². The summed E-state index contributed by atoms with van der Waals surface area (Å²) in [7, 11) is 1.11. The maximum atomic E-state index is 15.0. The minimum atomic E-state index is -1.50. The number of methoxy groups -OCH3 is 1. The van der Waals surface area contributed by atoms with Crippen LogP contribution < -0.4 is 4.74 Å². The Bertz CT molecular complexity index is 1880. The smallest absolute Gasteiger partial charge is 0.423 e. The van der Waals surface area contributed by atoms with Crippen molar-refractivity contribution in [3.63, 3.8) is 0 Å². The van der Waals surface area contributed by atoms with Gasteiger partial charge in [-0.3, -0.25) is 19.2 Å². The van der Waals surface area contributed by atoms with Gasteiger partial charge in [-0.1, -0.05) is 84.4 Å². The van der Waals surface area contributed by atoms with Crippen molar-refractivity contribution in [2.24, 2.45) is 23.7 Å². The lowest BCUT2D eigenvalue weighted by Crippen LogP contribution is -2.58. The van der Waals surface area contributed by atoms with Crippen molar-refractivity contribution in [2.45, 2.75) is 31.1 Å². The second kappa shape index (κ2) is 11.5. The van der Waals surface area contributed by atoms with E-state index in [-0.39, 0.29) is 48.1 Å². The van der Waals surface area contributed by atoms with Crippen LogP contribution in [0.25, 0.3) is 5.57 Å². The van der Waals surface area contributed by atoms with Crippen molar-refractivity contribution in [2.75, 3.05) is 13.7 Å². The number of carbonyl (C=O) groups excluding carboxylic acids is 5. The molecule has 0 aromatic heterocycles. The second-order valence-corrected chi connectivity index (χ2v) is 12.4. The van der Waals surface area contributed by atoms with Crippen LogP contribution in [0.15, 0.2) is 96.6 Å². The molecule has 9 nitrogen and oxygen atoms in total. The molecule has 2 fully saturated rings. The minimum Gasteiger partial charge on any atom is -0.504 e. The fraction of sp³-hybridized carbons (Fsp3) is 0.289. The van der Waals surface area contributed by atoms with Crippen LogP contribution in [0.2, 0.25) is 0 Å². The highest BCUT2D eigenvalue weighted by atomic mass is 16.5. The number of likely N-dealkylation sites (tertiary alicyclic amines) is 1. The molecule has 3 aromatic rings. The predicted molar refractivity (Wildman–Crippen MR) is 170 cm³/mol. The second-order valence-electron chi connectivity index (χ2n) is 12.4. The number of phenolic OH excluding ortho intramolecular Hbond substituents is 1. The van der Waals surface area contributed by atoms with E-state index in [1.807, 2.05) is 42.5 Å². The average molecular weight is 632 g/mol. The Kier molecular flexibility index (Phi) is 7.42. The summed E-state index contributed by atoms with van der Waals surface area (Å²) in [6.45, 7) is 2.08. The molecular formula is C38H33NO8. The molecule has 1 saturated heterocycles. The van der Waals surface area contributed by atoms with Gasteiger partial charge in [-0.15, -0.1) is 0 Å². The first-order valence-corrected chi connectivity index (χ1v) is 15.8. The Morgan fingerprint density at radius 1 is 0.915 bits per heavy atom. The number of hydrogen-bond acceptors (Lipinski definition) is 8. The van der Waals surface area contributed by atoms with Gasteiger partial charge < -0.3 is 14.6 Å². The fourth-order valence-corrected chi connectivity index (χ4v) is 8.53. The molecule has 3 aromatic carbocycles. The van der Waals surface area contributed by atoms with E-state index in [0.29, 0.717) is 27.2 Å². The molecule has 0 radical (unpaired) electrons. The van der Waals surface area contributed by atoms with E-state index in [1.165, 1.54) is 6.08 Å². The molecule has 9 heteroatoms. The third-order valence-electron chi connectivity index (χ3n) is 10.4. The van der Waals surface area contributed by atoms with Crippen molar-refractivity contribution in [3.8, 4) is 11.5 Å². The first-order valence-electron chi connectivity index (χ1n) is 15.8. The monoisotopic (exact) mass is 631 g/mol. The van der Waals surface area contributed by atoms with E-state index in [9.17, 15) is 24.3 Å². The molecular weight excluding hydrogens is 598 g/mol. The van der Waals surface area contributed by atoms with E-state index in [2.05, 4.69) is 0 Å². The third-order valence-corrected chi connectivity index (χ3v) is 10.4. The van der Waals surface area contributed by atoms with Gasteiger partial charge in [0.15, 0.2) is 23.1 Å². The highest BCUT2D eigenvalue weighted by molar-refractivity contribution is 6.31. The molecule has 238 valence electrons. The molecule has 4 aliphatic rings. The molecule has 0 bridgehead atoms. The van der Waals surface area contributed by atoms with E-state index in [4.69, 9.17) is 9.47 Å². The van der Waals surface area contributed by atoms with Gasteiger partial charge in [-0.25, -0.2) is 4.79 Å². The first-order chi connectivity index (χ1) is 22.7. The normalized spacial score (nSPS) is 28.1. The number of ether oxygens (including phenoxy) is 2. The third kappa shape index (κ3) is 4.32. The zero-order chi connectivity index (χ0) is 33.0. The standard InChI is InChI=1S/C38H33NO8/c1-3-47-29-16-10-15-25(34(29)42)32-23-17-18-24-31(36(44)39(35(24)43)37(45)46-2)27(23)19-28-33(41)26(21-11-6-4-7-12-21)20-30(40)38(28,32)22-13-8-5-9-14-22/h4-17,20,24,27-28,31-32,42H,3,18-19H2,1-2H3/t24-,27+,28-,31-,32+,38-/m0/s1. The Balaban J connectivity index is 1.52. The van der Waals surface area contributed by atoms with E-state index in [0.717, 1.165) is 7.11 Å². The number of Topliss-reactive ketones (excluding diaryl/α,β-unsaturated/α-hetero) is 1. The number of nitrogens with zero attached hydrogens (tertiary/aromatic N) is 1. The van der Waals surface area contributed by atoms with Crippen LogP contribution in [0.5, 0.6) is 11.5 Å². The van der Waals surface area contributed by atoms with Crippen LogP contribution in [0.1, 0.15) is 42.4 Å². The summed E-state index contributed by atoms with van der Waals surface area (Å²) in [5.74, 6) is -6.20. The van der Waals surface area contributed by atoms with Crippen molar-refractivity contribution < 1.29 is 38.6 Å². The average Bonchev–Trinajstić information content (AvgIpc) is 3.36. The lowest BCUT2D eigenvalue weighted by Gasteiger charge is -2.55. The number of phenols is 1. The molecule has 1 aliphatic heterocycles. The number of ketones is 2.